The summed E-state index contributed by atoms with van der Waals surface area (Å²) in [6, 6.07) is 35.5. The van der Waals surface area contributed by atoms with Gasteiger partial charge >= 0.3 is 23.9 Å². The van der Waals surface area contributed by atoms with Crippen LogP contribution in [0.2, 0.25) is 0 Å². The summed E-state index contributed by atoms with van der Waals surface area (Å²) in [5.41, 5.74) is 5.17. The molecule has 0 heterocycles. The predicted octanol–water partition coefficient (Wildman–Crippen LogP) is 10.8. The van der Waals surface area contributed by atoms with Gasteiger partial charge in [0.05, 0.1) is 0 Å². The Hall–Kier alpha value is -7.32. The number of esters is 4. The van der Waals surface area contributed by atoms with E-state index in [4.69, 9.17) is 18.9 Å². The third-order valence-electron chi connectivity index (χ3n) is 9.07. The Morgan fingerprint density at radius 3 is 1.16 bits per heavy atom. The third-order valence-corrected chi connectivity index (χ3v) is 9.07. The summed E-state index contributed by atoms with van der Waals surface area (Å²) in [7, 11) is 0. The molecule has 0 aliphatic heterocycles. The van der Waals surface area contributed by atoms with Crippen molar-refractivity contribution in [3.05, 3.63) is 181 Å². The van der Waals surface area contributed by atoms with Crippen LogP contribution in [0.1, 0.15) is 50.3 Å². The predicted molar refractivity (Wildman–Crippen MR) is 223 cm³/mol. The largest absolute Gasteiger partial charge is 0.423 e. The zero-order valence-electron chi connectivity index (χ0n) is 32.1. The maximum Gasteiger partial charge on any atom is 0.338 e. The van der Waals surface area contributed by atoms with Gasteiger partial charge in [0.2, 0.25) is 0 Å². The second-order valence-corrected chi connectivity index (χ2v) is 13.9. The molecule has 0 aliphatic carbocycles. The molecule has 0 aliphatic rings. The Balaban J connectivity index is 1.66. The highest BCUT2D eigenvalue weighted by atomic mass is 16.5. The average molecular weight is 757 g/mol. The first-order chi connectivity index (χ1) is 27.2. The molecular weight excluding hydrogens is 717 g/mol. The fraction of sp³-hybridized carbons (Fsp3) is 0.102. The van der Waals surface area contributed by atoms with Crippen molar-refractivity contribution in [1.29, 1.82) is 0 Å². The van der Waals surface area contributed by atoms with Crippen LogP contribution in [0.4, 0.5) is 0 Å². The number of rotatable bonds is 12. The van der Waals surface area contributed by atoms with Crippen LogP contribution in [-0.4, -0.2) is 23.9 Å². The Morgan fingerprint density at radius 2 is 0.772 bits per heavy atom. The van der Waals surface area contributed by atoms with E-state index in [9.17, 15) is 19.2 Å². The zero-order chi connectivity index (χ0) is 41.0. The van der Waals surface area contributed by atoms with E-state index in [0.717, 1.165) is 27.5 Å². The van der Waals surface area contributed by atoms with Crippen molar-refractivity contribution < 1.29 is 38.1 Å². The van der Waals surface area contributed by atoms with E-state index in [1.807, 2.05) is 66.7 Å². The normalized spacial score (nSPS) is 10.8. The van der Waals surface area contributed by atoms with Gasteiger partial charge in [0.15, 0.2) is 0 Å². The maximum absolute atomic E-state index is 13.0. The summed E-state index contributed by atoms with van der Waals surface area (Å²) in [6.07, 6.45) is 0. The summed E-state index contributed by atoms with van der Waals surface area (Å²) in [6.45, 7) is 21.1. The summed E-state index contributed by atoms with van der Waals surface area (Å²) in [4.78, 5) is 51.0. The lowest BCUT2D eigenvalue weighted by Gasteiger charge is -2.25. The van der Waals surface area contributed by atoms with Crippen molar-refractivity contribution >= 4 is 45.4 Å². The zero-order valence-corrected chi connectivity index (χ0v) is 32.1. The highest BCUT2D eigenvalue weighted by Gasteiger charge is 2.26. The standard InChI is InChI=1S/C49H40O8/c1-28(2)46(50)54-37-18-20-41-35(22-37)24-39(56-48(52)30(5)6)26-43(41)45(34-16-14-33(15-17-34)32-12-10-9-11-13-32)44-27-40(57-49(53)31(7)8)25-36-23-38(19-21-42(36)44)55-47(51)29(3)4/h9-27,45H,1,3,5,7H2,2,4,6,8H3. The highest BCUT2D eigenvalue weighted by molar-refractivity contribution is 5.97. The first-order valence-electron chi connectivity index (χ1n) is 18.0. The molecule has 0 spiro atoms. The van der Waals surface area contributed by atoms with Crippen molar-refractivity contribution in [1.82, 2.24) is 0 Å². The van der Waals surface area contributed by atoms with Gasteiger partial charge in [-0.05, 0) is 126 Å². The molecule has 0 bridgehead atoms. The summed E-state index contributed by atoms with van der Waals surface area (Å²) in [5.74, 6) is -2.03. The maximum atomic E-state index is 13.0. The lowest BCUT2D eigenvalue weighted by atomic mass is 9.80. The lowest BCUT2D eigenvalue weighted by Crippen LogP contribution is -2.12. The van der Waals surface area contributed by atoms with Crippen LogP contribution in [-0.2, 0) is 19.2 Å². The van der Waals surface area contributed by atoms with Crippen molar-refractivity contribution in [2.75, 3.05) is 0 Å². The van der Waals surface area contributed by atoms with Crippen molar-refractivity contribution in [2.24, 2.45) is 0 Å². The van der Waals surface area contributed by atoms with E-state index in [2.05, 4.69) is 26.3 Å². The number of hydrogen-bond acceptors (Lipinski definition) is 8. The first-order valence-corrected chi connectivity index (χ1v) is 18.0. The minimum Gasteiger partial charge on any atom is -0.423 e. The van der Waals surface area contributed by atoms with E-state index in [1.54, 1.807) is 76.2 Å². The van der Waals surface area contributed by atoms with Crippen LogP contribution >= 0.6 is 0 Å². The quantitative estimate of drug-likeness (QED) is 0.0526. The molecule has 0 saturated heterocycles. The van der Waals surface area contributed by atoms with Crippen molar-refractivity contribution in [3.63, 3.8) is 0 Å². The number of carbonyl (C=O) groups is 4. The summed E-state index contributed by atoms with van der Waals surface area (Å²) < 4.78 is 22.9. The fourth-order valence-electron chi connectivity index (χ4n) is 6.22. The molecule has 0 radical (unpaired) electrons. The van der Waals surface area contributed by atoms with Gasteiger partial charge in [-0.3, -0.25) is 0 Å². The van der Waals surface area contributed by atoms with Crippen LogP contribution in [0.25, 0.3) is 32.7 Å². The van der Waals surface area contributed by atoms with Gasteiger partial charge in [0, 0.05) is 28.2 Å². The second-order valence-electron chi connectivity index (χ2n) is 13.9. The molecule has 0 amide bonds. The summed E-state index contributed by atoms with van der Waals surface area (Å²) >= 11 is 0. The van der Waals surface area contributed by atoms with Gasteiger partial charge in [0.25, 0.3) is 0 Å². The van der Waals surface area contributed by atoms with E-state index in [-0.39, 0.29) is 45.3 Å². The minimum absolute atomic E-state index is 0.204. The van der Waals surface area contributed by atoms with Crippen LogP contribution in [0.5, 0.6) is 23.0 Å². The molecule has 0 unspecified atom stereocenters. The van der Waals surface area contributed by atoms with Crippen molar-refractivity contribution in [2.45, 2.75) is 33.6 Å². The Kier molecular flexibility index (Phi) is 11.5. The number of carbonyl (C=O) groups excluding carboxylic acids is 4. The smallest absolute Gasteiger partial charge is 0.338 e. The minimum atomic E-state index is -0.620. The molecule has 8 nitrogen and oxygen atoms in total. The SMILES string of the molecule is C=C(C)C(=O)Oc1ccc2c(C(c3ccc(-c4ccccc4)cc3)c3cc(OC(=O)C(=C)C)cc4cc(OC(=O)C(=C)C)ccc34)cc(OC(=O)C(=C)C)cc2c1. The summed E-state index contributed by atoms with van der Waals surface area (Å²) in [5, 5.41) is 2.72. The molecule has 0 aromatic heterocycles. The van der Waals surface area contributed by atoms with Crippen molar-refractivity contribution in [3.8, 4) is 34.1 Å². The number of fused-ring (bicyclic) bond motifs is 2. The van der Waals surface area contributed by atoms with Gasteiger partial charge in [-0.2, -0.15) is 0 Å². The molecule has 6 aromatic rings. The third kappa shape index (κ3) is 8.98. The molecule has 57 heavy (non-hydrogen) atoms. The molecule has 0 saturated carbocycles. The monoisotopic (exact) mass is 756 g/mol. The van der Waals surface area contributed by atoms with Crippen LogP contribution < -0.4 is 18.9 Å². The Bertz CT molecular complexity index is 2500. The van der Waals surface area contributed by atoms with E-state index < -0.39 is 29.8 Å². The molecular formula is C49H40O8. The molecule has 0 N–H and O–H groups in total. The first kappa shape index (κ1) is 39.4. The number of ether oxygens (including phenoxy) is 4. The van der Waals surface area contributed by atoms with Crippen LogP contribution in [0.15, 0.2) is 164 Å². The van der Waals surface area contributed by atoms with Crippen LogP contribution in [0, 0.1) is 0 Å². The van der Waals surface area contributed by atoms with E-state index in [0.29, 0.717) is 21.9 Å². The second kappa shape index (κ2) is 16.6. The van der Waals surface area contributed by atoms with Gasteiger partial charge in [-0.1, -0.05) is 93.0 Å². The molecule has 6 aromatic carbocycles. The van der Waals surface area contributed by atoms with Gasteiger partial charge in [-0.25, -0.2) is 19.2 Å². The average Bonchev–Trinajstić information content (AvgIpc) is 3.18. The molecule has 284 valence electrons. The molecule has 8 heteroatoms. The van der Waals surface area contributed by atoms with Gasteiger partial charge < -0.3 is 18.9 Å². The Labute approximate surface area is 331 Å². The Morgan fingerprint density at radius 1 is 0.421 bits per heavy atom. The number of benzene rings is 6. The van der Waals surface area contributed by atoms with E-state index >= 15 is 0 Å². The van der Waals surface area contributed by atoms with E-state index in [1.165, 1.54) is 0 Å². The fourth-order valence-corrected chi connectivity index (χ4v) is 6.22. The topological polar surface area (TPSA) is 105 Å². The van der Waals surface area contributed by atoms with Gasteiger partial charge in [-0.15, -0.1) is 0 Å². The lowest BCUT2D eigenvalue weighted by molar-refractivity contribution is -0.131. The molecule has 0 fully saturated rings. The number of hydrogen-bond donors (Lipinski definition) is 0. The highest BCUT2D eigenvalue weighted by Crippen LogP contribution is 2.44. The van der Waals surface area contributed by atoms with Crippen LogP contribution in [0.3, 0.4) is 0 Å². The molecule has 0 atom stereocenters. The molecule has 6 rings (SSSR count). The van der Waals surface area contributed by atoms with Gasteiger partial charge in [0.1, 0.15) is 23.0 Å².